The highest BCUT2D eigenvalue weighted by Crippen LogP contribution is 2.31. The number of nitrogens with two attached hydrogens (primary N) is 1. The van der Waals surface area contributed by atoms with Crippen LogP contribution in [0.2, 0.25) is 5.02 Å². The molecule has 0 aliphatic carbocycles. The van der Waals surface area contributed by atoms with E-state index in [1.54, 1.807) is 30.3 Å². The van der Waals surface area contributed by atoms with Crippen molar-refractivity contribution in [3.63, 3.8) is 0 Å². The predicted octanol–water partition coefficient (Wildman–Crippen LogP) is 4.47. The normalized spacial score (nSPS) is 13.0. The Kier molecular flexibility index (Phi) is 4.75. The number of rotatable bonds is 4. The summed E-state index contributed by atoms with van der Waals surface area (Å²) in [5.74, 6) is 0. The Balaban J connectivity index is 2.23. The van der Waals surface area contributed by atoms with Crippen molar-refractivity contribution in [2.75, 3.05) is 11.9 Å². The van der Waals surface area contributed by atoms with Gasteiger partial charge in [-0.05, 0) is 42.0 Å². The highest BCUT2D eigenvalue weighted by atomic mass is 35.5. The van der Waals surface area contributed by atoms with Crippen LogP contribution >= 0.6 is 11.6 Å². The zero-order chi connectivity index (χ0) is 15.5. The van der Waals surface area contributed by atoms with Crippen LogP contribution in [0.25, 0.3) is 0 Å². The van der Waals surface area contributed by atoms with Gasteiger partial charge in [0.15, 0.2) is 0 Å². The lowest BCUT2D eigenvalue weighted by atomic mass is 10.0. The molecule has 2 aromatic rings. The van der Waals surface area contributed by atoms with Crippen molar-refractivity contribution in [3.8, 4) is 0 Å². The first-order valence-corrected chi connectivity index (χ1v) is 6.67. The number of alkyl halides is 3. The van der Waals surface area contributed by atoms with Gasteiger partial charge in [-0.1, -0.05) is 23.7 Å². The van der Waals surface area contributed by atoms with Crippen LogP contribution in [0.4, 0.5) is 18.9 Å². The second kappa shape index (κ2) is 6.37. The maximum Gasteiger partial charge on any atom is 0.416 e. The van der Waals surface area contributed by atoms with Gasteiger partial charge in [0.2, 0.25) is 0 Å². The second-order valence-electron chi connectivity index (χ2n) is 4.56. The molecular formula is C15H14ClF3N2. The van der Waals surface area contributed by atoms with Crippen molar-refractivity contribution in [3.05, 3.63) is 64.7 Å². The Morgan fingerprint density at radius 2 is 1.76 bits per heavy atom. The second-order valence-corrected chi connectivity index (χ2v) is 5.00. The molecule has 0 saturated heterocycles. The van der Waals surface area contributed by atoms with E-state index in [2.05, 4.69) is 5.32 Å². The SMILES string of the molecule is NCC(Nc1ccc(Cl)cc1)c1cccc(C(F)(F)F)c1. The maximum atomic E-state index is 12.7. The average Bonchev–Trinajstić information content (AvgIpc) is 2.46. The molecule has 0 bridgehead atoms. The van der Waals surface area contributed by atoms with E-state index in [1.807, 2.05) is 0 Å². The van der Waals surface area contributed by atoms with E-state index in [-0.39, 0.29) is 6.54 Å². The first kappa shape index (κ1) is 15.7. The zero-order valence-corrected chi connectivity index (χ0v) is 11.7. The smallest absolute Gasteiger partial charge is 0.377 e. The summed E-state index contributed by atoms with van der Waals surface area (Å²) in [6.45, 7) is 0.171. The lowest BCUT2D eigenvalue weighted by molar-refractivity contribution is -0.137. The molecule has 6 heteroatoms. The van der Waals surface area contributed by atoms with Crippen LogP contribution in [0, 0.1) is 0 Å². The molecule has 0 radical (unpaired) electrons. The molecule has 0 saturated carbocycles. The lowest BCUT2D eigenvalue weighted by Crippen LogP contribution is -2.21. The standard InChI is InChI=1S/C15H14ClF3N2/c16-12-4-6-13(7-5-12)21-14(9-20)10-2-1-3-11(8-10)15(17,18)19/h1-8,14,21H,9,20H2. The van der Waals surface area contributed by atoms with Crippen molar-refractivity contribution in [2.45, 2.75) is 12.2 Å². The molecule has 0 amide bonds. The summed E-state index contributed by atoms with van der Waals surface area (Å²) < 4.78 is 38.2. The summed E-state index contributed by atoms with van der Waals surface area (Å²) in [5.41, 5.74) is 6.22. The molecule has 0 aliphatic heterocycles. The van der Waals surface area contributed by atoms with Gasteiger partial charge in [0, 0.05) is 17.3 Å². The fraction of sp³-hybridized carbons (Fsp3) is 0.200. The number of nitrogens with one attached hydrogen (secondary N) is 1. The molecule has 0 spiro atoms. The molecule has 0 aromatic heterocycles. The molecule has 21 heavy (non-hydrogen) atoms. The maximum absolute atomic E-state index is 12.7. The minimum atomic E-state index is -4.37. The van der Waals surface area contributed by atoms with E-state index in [1.165, 1.54) is 6.07 Å². The third-order valence-corrected chi connectivity index (χ3v) is 3.29. The largest absolute Gasteiger partial charge is 0.416 e. The number of halogens is 4. The van der Waals surface area contributed by atoms with Crippen LogP contribution in [-0.4, -0.2) is 6.54 Å². The zero-order valence-electron chi connectivity index (χ0n) is 11.0. The monoisotopic (exact) mass is 314 g/mol. The van der Waals surface area contributed by atoms with E-state index >= 15 is 0 Å². The first-order chi connectivity index (χ1) is 9.90. The van der Waals surface area contributed by atoms with Crippen molar-refractivity contribution in [1.82, 2.24) is 0 Å². The molecule has 1 atom stereocenters. The van der Waals surface area contributed by atoms with Crippen LogP contribution in [0.3, 0.4) is 0 Å². The Morgan fingerprint density at radius 3 is 2.33 bits per heavy atom. The topological polar surface area (TPSA) is 38.0 Å². The van der Waals surface area contributed by atoms with E-state index in [4.69, 9.17) is 17.3 Å². The fourth-order valence-corrected chi connectivity index (χ4v) is 2.08. The minimum Gasteiger partial charge on any atom is -0.377 e. The Morgan fingerprint density at radius 1 is 1.10 bits per heavy atom. The van der Waals surface area contributed by atoms with Gasteiger partial charge in [-0.2, -0.15) is 13.2 Å². The van der Waals surface area contributed by atoms with Gasteiger partial charge in [-0.15, -0.1) is 0 Å². The summed E-state index contributed by atoms with van der Waals surface area (Å²) in [5, 5.41) is 3.69. The van der Waals surface area contributed by atoms with Crippen LogP contribution < -0.4 is 11.1 Å². The van der Waals surface area contributed by atoms with Gasteiger partial charge >= 0.3 is 6.18 Å². The summed E-state index contributed by atoms with van der Waals surface area (Å²) >= 11 is 5.79. The van der Waals surface area contributed by atoms with Gasteiger partial charge < -0.3 is 11.1 Å². The quantitative estimate of drug-likeness (QED) is 0.873. The van der Waals surface area contributed by atoms with Gasteiger partial charge in [0.1, 0.15) is 0 Å². The molecule has 0 heterocycles. The predicted molar refractivity (Wildman–Crippen MR) is 78.3 cm³/mol. The molecular weight excluding hydrogens is 301 g/mol. The van der Waals surface area contributed by atoms with Gasteiger partial charge in [-0.25, -0.2) is 0 Å². The van der Waals surface area contributed by atoms with Crippen LogP contribution in [-0.2, 0) is 6.18 Å². The van der Waals surface area contributed by atoms with Crippen molar-refractivity contribution in [2.24, 2.45) is 5.73 Å². The summed E-state index contributed by atoms with van der Waals surface area (Å²) in [7, 11) is 0. The van der Waals surface area contributed by atoms with Gasteiger partial charge in [0.05, 0.1) is 11.6 Å². The molecule has 2 aromatic carbocycles. The molecule has 112 valence electrons. The van der Waals surface area contributed by atoms with E-state index in [9.17, 15) is 13.2 Å². The Hall–Kier alpha value is -1.72. The average molecular weight is 315 g/mol. The number of anilines is 1. The molecule has 2 nitrogen and oxygen atoms in total. The highest BCUT2D eigenvalue weighted by molar-refractivity contribution is 6.30. The van der Waals surface area contributed by atoms with Crippen LogP contribution in [0.5, 0.6) is 0 Å². The summed E-state index contributed by atoms with van der Waals surface area (Å²) in [6, 6.07) is 11.6. The van der Waals surface area contributed by atoms with Crippen LogP contribution in [0.1, 0.15) is 17.2 Å². The highest BCUT2D eigenvalue weighted by Gasteiger charge is 2.30. The third kappa shape index (κ3) is 4.12. The first-order valence-electron chi connectivity index (χ1n) is 6.29. The Labute approximate surface area is 125 Å². The van der Waals surface area contributed by atoms with Crippen molar-refractivity contribution < 1.29 is 13.2 Å². The third-order valence-electron chi connectivity index (χ3n) is 3.04. The Bertz CT molecular complexity index is 597. The van der Waals surface area contributed by atoms with E-state index < -0.39 is 17.8 Å². The van der Waals surface area contributed by atoms with Crippen LogP contribution in [0.15, 0.2) is 48.5 Å². The summed E-state index contributed by atoms with van der Waals surface area (Å²) in [4.78, 5) is 0. The molecule has 2 rings (SSSR count). The van der Waals surface area contributed by atoms with Gasteiger partial charge in [-0.3, -0.25) is 0 Å². The molecule has 3 N–H and O–H groups in total. The number of benzene rings is 2. The number of hydrogen-bond acceptors (Lipinski definition) is 2. The fourth-order valence-electron chi connectivity index (χ4n) is 1.96. The van der Waals surface area contributed by atoms with Crippen molar-refractivity contribution in [1.29, 1.82) is 0 Å². The minimum absolute atomic E-state index is 0.171. The van der Waals surface area contributed by atoms with E-state index in [0.717, 1.165) is 17.8 Å². The molecule has 1 unspecified atom stereocenters. The molecule has 0 aliphatic rings. The molecule has 0 fully saturated rings. The lowest BCUT2D eigenvalue weighted by Gasteiger charge is -2.20. The van der Waals surface area contributed by atoms with E-state index in [0.29, 0.717) is 10.6 Å². The summed E-state index contributed by atoms with van der Waals surface area (Å²) in [6.07, 6.45) is -4.37. The van der Waals surface area contributed by atoms with Gasteiger partial charge in [0.25, 0.3) is 0 Å². The number of hydrogen-bond donors (Lipinski definition) is 2. The van der Waals surface area contributed by atoms with Crippen molar-refractivity contribution >= 4 is 17.3 Å².